The summed E-state index contributed by atoms with van der Waals surface area (Å²) in [7, 11) is -8.15. The van der Waals surface area contributed by atoms with Crippen molar-refractivity contribution in [3.8, 4) is 0 Å². The molecule has 15 heteroatoms. The van der Waals surface area contributed by atoms with E-state index in [1.807, 2.05) is 0 Å². The summed E-state index contributed by atoms with van der Waals surface area (Å²) in [5.74, 6) is -1.04. The van der Waals surface area contributed by atoms with Crippen molar-refractivity contribution in [2.75, 3.05) is 33.5 Å². The van der Waals surface area contributed by atoms with Crippen LogP contribution in [0.4, 0.5) is 0 Å². The van der Waals surface area contributed by atoms with Gasteiger partial charge in [-0.1, -0.05) is 65.2 Å². The lowest BCUT2D eigenvalue weighted by atomic mass is 10.1. The molecule has 0 aromatic rings. The van der Waals surface area contributed by atoms with Gasteiger partial charge in [0.2, 0.25) is 0 Å². The van der Waals surface area contributed by atoms with Crippen molar-refractivity contribution in [2.24, 2.45) is 0 Å². The largest absolute Gasteiger partial charge is 0.472 e. The Morgan fingerprint density at radius 2 is 1.16 bits per heavy atom. The molecule has 0 aliphatic carbocycles. The van der Waals surface area contributed by atoms with Crippen molar-refractivity contribution >= 4 is 27.6 Å². The standard InChI is InChI=1S/C23H46O13P2/c1-4-6-8-10-11-13-15-23(26)36-21(18-32-22(25)14-12-9-7-5-2)19-35-38(29,30)34-17-20(24)16-33-37(27,28)31-3/h20-21,24H,4-19H2,1-3H3,(H,27,28)(H,29,30)/t20-,21+/m0/s1. The second-order valence-corrected chi connectivity index (χ2v) is 11.8. The Balaban J connectivity index is 4.73. The molecule has 0 spiro atoms. The van der Waals surface area contributed by atoms with Crippen LogP contribution in [0, 0.1) is 0 Å². The highest BCUT2D eigenvalue weighted by atomic mass is 31.2. The molecule has 4 atom stereocenters. The molecule has 13 nitrogen and oxygen atoms in total. The lowest BCUT2D eigenvalue weighted by Gasteiger charge is -2.20. The molecular formula is C23H46O13P2. The molecule has 0 fully saturated rings. The molecular weight excluding hydrogens is 546 g/mol. The Kier molecular flexibility index (Phi) is 21.4. The first-order valence-corrected chi connectivity index (χ1v) is 16.1. The number of carbonyl (C=O) groups is 2. The average molecular weight is 593 g/mol. The van der Waals surface area contributed by atoms with Crippen molar-refractivity contribution in [3.05, 3.63) is 0 Å². The molecule has 0 aliphatic heterocycles. The molecule has 0 aliphatic rings. The molecule has 0 saturated heterocycles. The number of hydrogen-bond acceptors (Lipinski definition) is 11. The highest BCUT2D eigenvalue weighted by Crippen LogP contribution is 2.44. The average Bonchev–Trinajstić information content (AvgIpc) is 2.88. The fraction of sp³-hybridized carbons (Fsp3) is 0.913. The lowest BCUT2D eigenvalue weighted by Crippen LogP contribution is -2.30. The first kappa shape index (κ1) is 37.1. The summed E-state index contributed by atoms with van der Waals surface area (Å²) in [5.41, 5.74) is 0. The summed E-state index contributed by atoms with van der Waals surface area (Å²) in [4.78, 5) is 43.3. The van der Waals surface area contributed by atoms with E-state index in [-0.39, 0.29) is 19.4 Å². The number of carbonyl (C=O) groups excluding carboxylic acids is 2. The van der Waals surface area contributed by atoms with Gasteiger partial charge < -0.3 is 24.4 Å². The normalized spacial score (nSPS) is 16.3. The Morgan fingerprint density at radius 1 is 0.684 bits per heavy atom. The number of phosphoric ester groups is 2. The second-order valence-electron chi connectivity index (χ2n) is 8.78. The molecule has 0 heterocycles. The highest BCUT2D eigenvalue weighted by Gasteiger charge is 2.28. The third kappa shape index (κ3) is 22.0. The quantitative estimate of drug-likeness (QED) is 0.0769. The fourth-order valence-corrected chi connectivity index (χ4v) is 4.30. The highest BCUT2D eigenvalue weighted by molar-refractivity contribution is 7.47. The molecule has 0 radical (unpaired) electrons. The number of aliphatic hydroxyl groups excluding tert-OH is 1. The summed E-state index contributed by atoms with van der Waals surface area (Å²) in [5, 5.41) is 9.72. The van der Waals surface area contributed by atoms with Crippen molar-refractivity contribution in [3.63, 3.8) is 0 Å². The van der Waals surface area contributed by atoms with E-state index in [0.717, 1.165) is 58.5 Å². The van der Waals surface area contributed by atoms with Crippen LogP contribution in [0.2, 0.25) is 0 Å². The molecule has 0 aromatic carbocycles. The maximum atomic E-state index is 12.3. The number of ether oxygens (including phenoxy) is 2. The summed E-state index contributed by atoms with van der Waals surface area (Å²) < 4.78 is 52.0. The van der Waals surface area contributed by atoms with Crippen LogP contribution >= 0.6 is 15.6 Å². The van der Waals surface area contributed by atoms with Gasteiger partial charge in [0.05, 0.1) is 19.8 Å². The molecule has 0 aromatic heterocycles. The Hall–Kier alpha value is -0.880. The Labute approximate surface area is 225 Å². The maximum absolute atomic E-state index is 12.3. The third-order valence-electron chi connectivity index (χ3n) is 5.21. The van der Waals surface area contributed by atoms with Crippen molar-refractivity contribution in [2.45, 2.75) is 103 Å². The van der Waals surface area contributed by atoms with E-state index in [4.69, 9.17) is 18.9 Å². The van der Waals surface area contributed by atoms with E-state index in [2.05, 4.69) is 27.4 Å². The zero-order valence-electron chi connectivity index (χ0n) is 22.8. The number of esters is 2. The van der Waals surface area contributed by atoms with Gasteiger partial charge in [-0.05, 0) is 12.8 Å². The van der Waals surface area contributed by atoms with Crippen LogP contribution in [0.1, 0.15) is 90.9 Å². The number of hydrogen-bond donors (Lipinski definition) is 3. The topological polar surface area (TPSA) is 184 Å². The summed E-state index contributed by atoms with van der Waals surface area (Å²) >= 11 is 0. The maximum Gasteiger partial charge on any atom is 0.472 e. The Morgan fingerprint density at radius 3 is 1.74 bits per heavy atom. The molecule has 0 amide bonds. The third-order valence-corrected chi connectivity index (χ3v) is 7.10. The molecule has 226 valence electrons. The summed E-state index contributed by atoms with van der Waals surface area (Å²) in [6.45, 7) is 1.70. The van der Waals surface area contributed by atoms with E-state index in [1.54, 1.807) is 0 Å². The number of unbranched alkanes of at least 4 members (excludes halogenated alkanes) is 8. The predicted molar refractivity (Wildman–Crippen MR) is 138 cm³/mol. The van der Waals surface area contributed by atoms with E-state index < -0.39 is 59.6 Å². The minimum Gasteiger partial charge on any atom is -0.462 e. The van der Waals surface area contributed by atoms with E-state index in [0.29, 0.717) is 12.8 Å². The molecule has 0 bridgehead atoms. The molecule has 0 rings (SSSR count). The summed E-state index contributed by atoms with van der Waals surface area (Å²) in [6, 6.07) is 0. The second kappa shape index (κ2) is 21.9. The summed E-state index contributed by atoms with van der Waals surface area (Å²) in [6.07, 6.45) is 7.04. The SMILES string of the molecule is CCCCCCCCC(=O)O[C@H](COC(=O)CCCCCC)COP(=O)(O)OC[C@@H](O)COP(=O)(O)OC. The Bertz CT molecular complexity index is 734. The van der Waals surface area contributed by atoms with Gasteiger partial charge >= 0.3 is 27.6 Å². The van der Waals surface area contributed by atoms with Gasteiger partial charge in [0.25, 0.3) is 0 Å². The van der Waals surface area contributed by atoms with Crippen molar-refractivity contribution < 1.29 is 61.2 Å². The van der Waals surface area contributed by atoms with Crippen LogP contribution in [-0.2, 0) is 46.3 Å². The fourth-order valence-electron chi connectivity index (χ4n) is 3.04. The predicted octanol–water partition coefficient (Wildman–Crippen LogP) is 4.42. The van der Waals surface area contributed by atoms with Crippen LogP contribution in [0.15, 0.2) is 0 Å². The van der Waals surface area contributed by atoms with Crippen LogP contribution in [0.3, 0.4) is 0 Å². The van der Waals surface area contributed by atoms with Gasteiger partial charge in [-0.25, -0.2) is 9.13 Å². The molecule has 3 N–H and O–H groups in total. The van der Waals surface area contributed by atoms with Gasteiger partial charge in [-0.2, -0.15) is 0 Å². The minimum atomic E-state index is -4.73. The first-order valence-electron chi connectivity index (χ1n) is 13.1. The monoisotopic (exact) mass is 592 g/mol. The van der Waals surface area contributed by atoms with Crippen LogP contribution in [0.25, 0.3) is 0 Å². The number of aliphatic hydroxyl groups is 1. The van der Waals surface area contributed by atoms with Gasteiger partial charge in [-0.3, -0.25) is 27.7 Å². The van der Waals surface area contributed by atoms with Crippen LogP contribution in [0.5, 0.6) is 0 Å². The van der Waals surface area contributed by atoms with E-state index >= 15 is 0 Å². The van der Waals surface area contributed by atoms with Gasteiger partial charge in [0.15, 0.2) is 6.10 Å². The smallest absolute Gasteiger partial charge is 0.462 e. The number of phosphoric acid groups is 2. The van der Waals surface area contributed by atoms with Gasteiger partial charge in [0.1, 0.15) is 12.7 Å². The van der Waals surface area contributed by atoms with Crippen molar-refractivity contribution in [1.29, 1.82) is 0 Å². The van der Waals surface area contributed by atoms with Crippen LogP contribution in [-0.4, -0.2) is 72.6 Å². The van der Waals surface area contributed by atoms with E-state index in [1.165, 1.54) is 0 Å². The lowest BCUT2D eigenvalue weighted by molar-refractivity contribution is -0.161. The van der Waals surface area contributed by atoms with Gasteiger partial charge in [-0.15, -0.1) is 0 Å². The van der Waals surface area contributed by atoms with Crippen molar-refractivity contribution in [1.82, 2.24) is 0 Å². The first-order chi connectivity index (χ1) is 17.9. The van der Waals surface area contributed by atoms with Gasteiger partial charge in [0, 0.05) is 20.0 Å². The molecule has 0 saturated carbocycles. The van der Waals surface area contributed by atoms with E-state index in [9.17, 15) is 28.7 Å². The number of rotatable bonds is 25. The minimum absolute atomic E-state index is 0.142. The zero-order valence-corrected chi connectivity index (χ0v) is 24.6. The van der Waals surface area contributed by atoms with Crippen LogP contribution < -0.4 is 0 Å². The zero-order chi connectivity index (χ0) is 28.9. The molecule has 2 unspecified atom stereocenters. The molecule has 38 heavy (non-hydrogen) atoms.